The van der Waals surface area contributed by atoms with Crippen LogP contribution in [-0.2, 0) is 9.53 Å². The van der Waals surface area contributed by atoms with Gasteiger partial charge in [-0.1, -0.05) is 0 Å². The first-order valence-electron chi connectivity index (χ1n) is 2.74. The normalized spacial score (nSPS) is 12.7. The van der Waals surface area contributed by atoms with Gasteiger partial charge < -0.3 is 9.84 Å². The monoisotopic (exact) mass is 167 g/mol. The number of hydrogen-bond acceptors (Lipinski definition) is 4. The lowest BCUT2D eigenvalue weighted by molar-refractivity contribution is -0.144. The molecule has 0 aromatic carbocycles. The van der Waals surface area contributed by atoms with Gasteiger partial charge in [-0.2, -0.15) is 0 Å². The van der Waals surface area contributed by atoms with Crippen molar-refractivity contribution in [3.63, 3.8) is 0 Å². The lowest BCUT2D eigenvalue weighted by Crippen LogP contribution is -2.39. The first kappa shape index (κ1) is 9.68. The predicted molar refractivity (Wildman–Crippen MR) is 36.7 cm³/mol. The molecule has 0 bridgehead atoms. The number of hydrogen-bond donors (Lipinski definition) is 2. The summed E-state index contributed by atoms with van der Waals surface area (Å²) in [4.78, 5) is 10.6. The van der Waals surface area contributed by atoms with Crippen LogP contribution in [-0.4, -0.2) is 36.8 Å². The van der Waals surface area contributed by atoms with Crippen LogP contribution in [0.3, 0.4) is 0 Å². The molecule has 0 spiro atoms. The molecule has 0 aliphatic rings. The zero-order valence-electron chi connectivity index (χ0n) is 5.63. The third-order valence-electron chi connectivity index (χ3n) is 0.992. The fraction of sp³-hybridized carbons (Fsp3) is 0.800. The molecule has 0 rings (SSSR count). The van der Waals surface area contributed by atoms with Crippen molar-refractivity contribution >= 4 is 17.6 Å². The van der Waals surface area contributed by atoms with Crippen LogP contribution < -0.4 is 5.32 Å². The SMILES string of the molecule is COC(=O)[C@H](CO)NCCl. The maximum atomic E-state index is 10.6. The summed E-state index contributed by atoms with van der Waals surface area (Å²) in [5, 5.41) is 11.1. The molecule has 0 saturated heterocycles. The van der Waals surface area contributed by atoms with Gasteiger partial charge in [-0.3, -0.25) is 10.1 Å². The van der Waals surface area contributed by atoms with E-state index in [1.165, 1.54) is 7.11 Å². The van der Waals surface area contributed by atoms with Gasteiger partial charge in [0, 0.05) is 0 Å². The van der Waals surface area contributed by atoms with Crippen molar-refractivity contribution < 1.29 is 14.6 Å². The minimum Gasteiger partial charge on any atom is -0.468 e. The van der Waals surface area contributed by atoms with Crippen LogP contribution in [0.25, 0.3) is 0 Å². The number of aliphatic hydroxyl groups is 1. The molecular weight excluding hydrogens is 158 g/mol. The molecule has 0 amide bonds. The second kappa shape index (κ2) is 5.46. The third kappa shape index (κ3) is 3.00. The number of esters is 1. The van der Waals surface area contributed by atoms with E-state index in [4.69, 9.17) is 16.7 Å². The van der Waals surface area contributed by atoms with E-state index in [0.29, 0.717) is 0 Å². The van der Waals surface area contributed by atoms with Gasteiger partial charge in [0.2, 0.25) is 0 Å². The van der Waals surface area contributed by atoms with Gasteiger partial charge in [0.05, 0.1) is 19.7 Å². The summed E-state index contributed by atoms with van der Waals surface area (Å²) in [7, 11) is 1.25. The van der Waals surface area contributed by atoms with Crippen molar-refractivity contribution in [1.29, 1.82) is 0 Å². The lowest BCUT2D eigenvalue weighted by atomic mass is 10.3. The standard InChI is InChI=1S/C5H10ClNO3/c1-10-5(9)4(2-8)7-3-6/h4,7-8H,2-3H2,1H3/t4-/m0/s1. The Morgan fingerprint density at radius 2 is 2.50 bits per heavy atom. The van der Waals surface area contributed by atoms with Crippen molar-refractivity contribution in [2.75, 3.05) is 19.7 Å². The molecule has 0 aromatic rings. The highest BCUT2D eigenvalue weighted by Gasteiger charge is 2.15. The summed E-state index contributed by atoms with van der Waals surface area (Å²) in [6.45, 7) is -0.306. The van der Waals surface area contributed by atoms with Crippen LogP contribution in [0.2, 0.25) is 0 Å². The van der Waals surface area contributed by atoms with E-state index >= 15 is 0 Å². The average molecular weight is 168 g/mol. The number of aliphatic hydroxyl groups excluding tert-OH is 1. The summed E-state index contributed by atoms with van der Waals surface area (Å²) < 4.78 is 4.34. The summed E-state index contributed by atoms with van der Waals surface area (Å²) in [6.07, 6.45) is 0. The predicted octanol–water partition coefficient (Wildman–Crippen LogP) is -0.694. The number of rotatable bonds is 4. The minimum atomic E-state index is -0.706. The Hall–Kier alpha value is -0.320. The molecule has 0 aliphatic carbocycles. The molecule has 4 nitrogen and oxygen atoms in total. The largest absolute Gasteiger partial charge is 0.468 e. The Kier molecular flexibility index (Phi) is 5.29. The third-order valence-corrected chi connectivity index (χ3v) is 1.15. The molecule has 0 aliphatic heterocycles. The molecule has 0 unspecified atom stereocenters. The maximum absolute atomic E-state index is 10.6. The highest BCUT2D eigenvalue weighted by Crippen LogP contribution is 1.86. The molecule has 0 radical (unpaired) electrons. The van der Waals surface area contributed by atoms with E-state index in [0.717, 1.165) is 0 Å². The van der Waals surface area contributed by atoms with Crippen LogP contribution in [0.15, 0.2) is 0 Å². The Morgan fingerprint density at radius 3 is 2.80 bits per heavy atom. The number of carbonyl (C=O) groups is 1. The number of halogens is 1. The van der Waals surface area contributed by atoms with Crippen molar-refractivity contribution in [3.05, 3.63) is 0 Å². The van der Waals surface area contributed by atoms with Crippen LogP contribution >= 0.6 is 11.6 Å². The van der Waals surface area contributed by atoms with Crippen LogP contribution in [0.4, 0.5) is 0 Å². The zero-order valence-corrected chi connectivity index (χ0v) is 6.39. The topological polar surface area (TPSA) is 58.6 Å². The van der Waals surface area contributed by atoms with Gasteiger partial charge >= 0.3 is 5.97 Å². The van der Waals surface area contributed by atoms with Gasteiger partial charge in [-0.25, -0.2) is 0 Å². The molecular formula is C5H10ClNO3. The minimum absolute atomic E-state index is 0.111. The van der Waals surface area contributed by atoms with Crippen LogP contribution in [0.5, 0.6) is 0 Å². The van der Waals surface area contributed by atoms with Gasteiger partial charge in [-0.05, 0) is 0 Å². The summed E-state index contributed by atoms with van der Waals surface area (Å²) >= 11 is 5.25. The second-order valence-corrected chi connectivity index (χ2v) is 1.86. The van der Waals surface area contributed by atoms with E-state index < -0.39 is 12.0 Å². The van der Waals surface area contributed by atoms with Crippen molar-refractivity contribution in [2.45, 2.75) is 6.04 Å². The van der Waals surface area contributed by atoms with Crippen molar-refractivity contribution in [2.24, 2.45) is 0 Å². The number of alkyl halides is 1. The summed E-state index contributed by atoms with van der Waals surface area (Å²) in [5.41, 5.74) is 0. The number of ether oxygens (including phenoxy) is 1. The van der Waals surface area contributed by atoms with Gasteiger partial charge in [0.15, 0.2) is 0 Å². The Bertz CT molecular complexity index is 109. The number of nitrogens with one attached hydrogen (secondary N) is 1. The zero-order chi connectivity index (χ0) is 7.98. The Morgan fingerprint density at radius 1 is 1.90 bits per heavy atom. The smallest absolute Gasteiger partial charge is 0.325 e. The van der Waals surface area contributed by atoms with Gasteiger partial charge in [0.1, 0.15) is 6.04 Å². The molecule has 0 aromatic heterocycles. The quantitative estimate of drug-likeness (QED) is 0.331. The first-order valence-corrected chi connectivity index (χ1v) is 3.27. The first-order chi connectivity index (χ1) is 4.76. The van der Waals surface area contributed by atoms with Crippen molar-refractivity contribution in [3.8, 4) is 0 Å². The van der Waals surface area contributed by atoms with Crippen molar-refractivity contribution in [1.82, 2.24) is 5.32 Å². The molecule has 60 valence electrons. The van der Waals surface area contributed by atoms with E-state index in [-0.39, 0.29) is 12.6 Å². The van der Waals surface area contributed by atoms with E-state index in [1.807, 2.05) is 0 Å². The van der Waals surface area contributed by atoms with E-state index in [1.54, 1.807) is 0 Å². The van der Waals surface area contributed by atoms with Gasteiger partial charge in [0.25, 0.3) is 0 Å². The molecule has 5 heteroatoms. The van der Waals surface area contributed by atoms with E-state index in [2.05, 4.69) is 10.1 Å². The summed E-state index contributed by atoms with van der Waals surface area (Å²) in [6, 6.07) is -0.595. The van der Waals surface area contributed by atoms with Gasteiger partial charge in [-0.15, -0.1) is 11.6 Å². The van der Waals surface area contributed by atoms with Crippen LogP contribution in [0, 0.1) is 0 Å². The maximum Gasteiger partial charge on any atom is 0.325 e. The molecule has 0 fully saturated rings. The number of carbonyl (C=O) groups excluding carboxylic acids is 1. The highest BCUT2D eigenvalue weighted by atomic mass is 35.5. The molecule has 10 heavy (non-hydrogen) atoms. The molecule has 1 atom stereocenters. The fourth-order valence-corrected chi connectivity index (χ4v) is 0.644. The van der Waals surface area contributed by atoms with E-state index in [9.17, 15) is 4.79 Å². The lowest BCUT2D eigenvalue weighted by Gasteiger charge is -2.10. The second-order valence-electron chi connectivity index (χ2n) is 1.60. The molecule has 2 N–H and O–H groups in total. The van der Waals surface area contributed by atoms with Crippen LogP contribution in [0.1, 0.15) is 0 Å². The fourth-order valence-electron chi connectivity index (χ4n) is 0.458. The summed E-state index contributed by atoms with van der Waals surface area (Å²) in [5.74, 6) is -0.511. The Labute approximate surface area is 64.1 Å². The number of methoxy groups -OCH3 is 1. The highest BCUT2D eigenvalue weighted by molar-refractivity contribution is 6.17. The Balaban J connectivity index is 3.68. The molecule has 0 heterocycles. The molecule has 0 saturated carbocycles. The average Bonchev–Trinajstić information content (AvgIpc) is 1.99.